The molecule has 0 fully saturated rings. The molecule has 5 heteroatoms. The van der Waals surface area contributed by atoms with Crippen LogP contribution in [0.5, 0.6) is 0 Å². The highest BCUT2D eigenvalue weighted by atomic mass is 16.3. The van der Waals surface area contributed by atoms with Gasteiger partial charge in [-0.25, -0.2) is 15.0 Å². The molecule has 1 aliphatic rings. The fraction of sp³-hybridized carbons (Fsp3) is 0.0625. The maximum atomic E-state index is 6.82. The molecular weight excluding hydrogens is 649 g/mol. The highest BCUT2D eigenvalue weighted by molar-refractivity contribution is 6.18. The third-order valence-corrected chi connectivity index (χ3v) is 11.1. The van der Waals surface area contributed by atoms with Crippen molar-refractivity contribution in [2.24, 2.45) is 0 Å². The van der Waals surface area contributed by atoms with Crippen LogP contribution in [0.3, 0.4) is 0 Å². The number of rotatable bonds is 4. The van der Waals surface area contributed by atoms with Crippen molar-refractivity contribution < 1.29 is 4.42 Å². The van der Waals surface area contributed by atoms with E-state index in [1.807, 2.05) is 66.7 Å². The molecule has 0 spiro atoms. The minimum absolute atomic E-state index is 0.0963. The third-order valence-electron chi connectivity index (χ3n) is 11.1. The van der Waals surface area contributed by atoms with Crippen molar-refractivity contribution in [1.29, 1.82) is 0 Å². The SMILES string of the molecule is CC1(C)c2ccccc2-c2ccc(-n3c4ccccc4c4cc5oc6c(-c7nc(-c8ccccc8)nc(-c8ccccc8)n7)cccc6c5cc43)cc21. The molecule has 0 saturated carbocycles. The molecule has 0 atom stereocenters. The zero-order valence-electron chi connectivity index (χ0n) is 29.2. The van der Waals surface area contributed by atoms with Crippen LogP contribution < -0.4 is 0 Å². The van der Waals surface area contributed by atoms with Gasteiger partial charge in [0.25, 0.3) is 0 Å². The Kier molecular flexibility index (Phi) is 6.23. The Balaban J connectivity index is 1.13. The molecule has 0 amide bonds. The van der Waals surface area contributed by atoms with Crippen molar-refractivity contribution >= 4 is 43.7 Å². The van der Waals surface area contributed by atoms with Gasteiger partial charge in [0.05, 0.1) is 16.6 Å². The highest BCUT2D eigenvalue weighted by Crippen LogP contribution is 2.49. The Morgan fingerprint density at radius 3 is 1.85 bits per heavy atom. The summed E-state index contributed by atoms with van der Waals surface area (Å²) in [6, 6.07) is 55.3. The molecule has 1 aliphatic carbocycles. The van der Waals surface area contributed by atoms with E-state index in [4.69, 9.17) is 19.4 Å². The summed E-state index contributed by atoms with van der Waals surface area (Å²) in [5.74, 6) is 1.81. The van der Waals surface area contributed by atoms with E-state index in [0.717, 1.165) is 55.2 Å². The van der Waals surface area contributed by atoms with Gasteiger partial charge in [-0.1, -0.05) is 135 Å². The molecule has 5 nitrogen and oxygen atoms in total. The predicted octanol–water partition coefficient (Wildman–Crippen LogP) is 12.2. The van der Waals surface area contributed by atoms with Gasteiger partial charge in [0.2, 0.25) is 0 Å². The topological polar surface area (TPSA) is 56.7 Å². The van der Waals surface area contributed by atoms with E-state index in [0.29, 0.717) is 17.5 Å². The first-order valence-corrected chi connectivity index (χ1v) is 18.0. The van der Waals surface area contributed by atoms with Crippen molar-refractivity contribution in [2.45, 2.75) is 19.3 Å². The van der Waals surface area contributed by atoms with Crippen molar-refractivity contribution in [3.05, 3.63) is 169 Å². The second-order valence-electron chi connectivity index (χ2n) is 14.4. The van der Waals surface area contributed by atoms with Crippen LogP contribution in [0.15, 0.2) is 162 Å². The maximum Gasteiger partial charge on any atom is 0.167 e. The Bertz CT molecular complexity index is 3020. The zero-order valence-corrected chi connectivity index (χ0v) is 29.2. The predicted molar refractivity (Wildman–Crippen MR) is 215 cm³/mol. The maximum absolute atomic E-state index is 6.82. The summed E-state index contributed by atoms with van der Waals surface area (Å²) in [6.45, 7) is 4.67. The largest absolute Gasteiger partial charge is 0.455 e. The van der Waals surface area contributed by atoms with Crippen LogP contribution in [0.25, 0.3) is 94.7 Å². The first-order valence-electron chi connectivity index (χ1n) is 18.0. The molecule has 53 heavy (non-hydrogen) atoms. The molecule has 3 aromatic heterocycles. The Morgan fingerprint density at radius 1 is 0.453 bits per heavy atom. The number of hydrogen-bond acceptors (Lipinski definition) is 4. The molecule has 0 N–H and O–H groups in total. The van der Waals surface area contributed by atoms with Crippen LogP contribution in [-0.4, -0.2) is 19.5 Å². The Morgan fingerprint density at radius 2 is 1.08 bits per heavy atom. The van der Waals surface area contributed by atoms with E-state index in [9.17, 15) is 0 Å². The van der Waals surface area contributed by atoms with Gasteiger partial charge >= 0.3 is 0 Å². The molecule has 10 aromatic rings. The number of para-hydroxylation sites is 2. The quantitative estimate of drug-likeness (QED) is 0.186. The van der Waals surface area contributed by atoms with Crippen molar-refractivity contribution in [3.63, 3.8) is 0 Å². The summed E-state index contributed by atoms with van der Waals surface area (Å²) in [6.07, 6.45) is 0. The second-order valence-corrected chi connectivity index (χ2v) is 14.4. The van der Waals surface area contributed by atoms with Crippen molar-refractivity contribution in [3.8, 4) is 51.0 Å². The van der Waals surface area contributed by atoms with E-state index in [1.165, 1.54) is 33.2 Å². The molecule has 250 valence electrons. The molecule has 0 unspecified atom stereocenters. The minimum Gasteiger partial charge on any atom is -0.455 e. The van der Waals surface area contributed by atoms with Crippen molar-refractivity contribution in [2.75, 3.05) is 0 Å². The van der Waals surface area contributed by atoms with Gasteiger partial charge in [-0.2, -0.15) is 0 Å². The lowest BCUT2D eigenvalue weighted by Gasteiger charge is -2.22. The first kappa shape index (κ1) is 29.8. The smallest absolute Gasteiger partial charge is 0.167 e. The van der Waals surface area contributed by atoms with Gasteiger partial charge in [-0.05, 0) is 58.7 Å². The monoisotopic (exact) mass is 680 g/mol. The normalized spacial score (nSPS) is 13.2. The summed E-state index contributed by atoms with van der Waals surface area (Å²) >= 11 is 0. The molecule has 0 radical (unpaired) electrons. The summed E-state index contributed by atoms with van der Waals surface area (Å²) in [7, 11) is 0. The number of hydrogen-bond donors (Lipinski definition) is 0. The lowest BCUT2D eigenvalue weighted by Crippen LogP contribution is -2.15. The van der Waals surface area contributed by atoms with E-state index in [2.05, 4.69) is 109 Å². The second kappa shape index (κ2) is 11.1. The molecular formula is C48H32N4O. The van der Waals surface area contributed by atoms with E-state index >= 15 is 0 Å². The fourth-order valence-electron chi connectivity index (χ4n) is 8.47. The molecule has 0 bridgehead atoms. The Labute approximate surface area is 305 Å². The number of fused-ring (bicyclic) bond motifs is 9. The van der Waals surface area contributed by atoms with Gasteiger partial charge < -0.3 is 8.98 Å². The lowest BCUT2D eigenvalue weighted by atomic mass is 9.82. The Hall–Kier alpha value is -6.85. The van der Waals surface area contributed by atoms with E-state index < -0.39 is 0 Å². The van der Waals surface area contributed by atoms with Gasteiger partial charge in [0.1, 0.15) is 11.2 Å². The van der Waals surface area contributed by atoms with Crippen LogP contribution in [0.1, 0.15) is 25.0 Å². The minimum atomic E-state index is -0.0963. The van der Waals surface area contributed by atoms with Crippen LogP contribution in [0.4, 0.5) is 0 Å². The summed E-state index contributed by atoms with van der Waals surface area (Å²) in [5, 5.41) is 4.40. The molecule has 7 aromatic carbocycles. The van der Waals surface area contributed by atoms with Crippen LogP contribution in [0, 0.1) is 0 Å². The van der Waals surface area contributed by atoms with Crippen LogP contribution in [0.2, 0.25) is 0 Å². The molecule has 0 saturated heterocycles. The number of benzene rings is 7. The standard InChI is InChI=1S/C48H32N4O/c1-48(2)39-22-11-9-18-32(39)33-25-24-31(26-40(33)48)52-41-23-12-10-19-34(41)37-28-43-38(27-42(37)52)35-20-13-21-36(44(35)53-43)47-50-45(29-14-5-3-6-15-29)49-46(51-47)30-16-7-4-8-17-30/h3-28H,1-2H3. The number of nitrogens with zero attached hydrogens (tertiary/aromatic N) is 4. The summed E-state index contributed by atoms with van der Waals surface area (Å²) < 4.78 is 9.23. The zero-order chi connectivity index (χ0) is 35.3. The van der Waals surface area contributed by atoms with Crippen molar-refractivity contribution in [1.82, 2.24) is 19.5 Å². The van der Waals surface area contributed by atoms with Gasteiger partial charge in [0.15, 0.2) is 17.5 Å². The van der Waals surface area contributed by atoms with Crippen LogP contribution in [-0.2, 0) is 5.41 Å². The molecule has 11 rings (SSSR count). The number of furan rings is 1. The number of aromatic nitrogens is 4. The van der Waals surface area contributed by atoms with Gasteiger partial charge in [-0.15, -0.1) is 0 Å². The van der Waals surface area contributed by atoms with Gasteiger partial charge in [0, 0.05) is 43.8 Å². The lowest BCUT2D eigenvalue weighted by molar-refractivity contribution is 0.660. The third kappa shape index (κ3) is 4.40. The average Bonchev–Trinajstić information content (AvgIpc) is 3.82. The van der Waals surface area contributed by atoms with E-state index in [-0.39, 0.29) is 5.41 Å². The molecule has 0 aliphatic heterocycles. The highest BCUT2D eigenvalue weighted by Gasteiger charge is 2.35. The fourth-order valence-corrected chi connectivity index (χ4v) is 8.47. The van der Waals surface area contributed by atoms with Gasteiger partial charge in [-0.3, -0.25) is 0 Å². The first-order chi connectivity index (χ1) is 26.0. The van der Waals surface area contributed by atoms with E-state index in [1.54, 1.807) is 0 Å². The summed E-state index contributed by atoms with van der Waals surface area (Å²) in [5.41, 5.74) is 13.0. The molecule has 3 heterocycles. The summed E-state index contributed by atoms with van der Waals surface area (Å²) in [4.78, 5) is 15.0. The average molecular weight is 681 g/mol. The van der Waals surface area contributed by atoms with Crippen LogP contribution >= 0.6 is 0 Å².